The lowest BCUT2D eigenvalue weighted by Gasteiger charge is -2.18. The van der Waals surface area contributed by atoms with E-state index in [1.165, 1.54) is 38.5 Å². The second-order valence-corrected chi connectivity index (χ2v) is 13.6. The minimum Gasteiger partial charge on any atom is -0.462 e. The molecule has 0 fully saturated rings. The van der Waals surface area contributed by atoms with Gasteiger partial charge in [0.25, 0.3) is 0 Å². The molecular weight excluding hydrogens is 685 g/mol. The summed E-state index contributed by atoms with van der Waals surface area (Å²) in [4.78, 5) is 37.6. The first kappa shape index (κ1) is 51.1. The van der Waals surface area contributed by atoms with Crippen LogP contribution < -0.4 is 0 Å². The van der Waals surface area contributed by atoms with Gasteiger partial charge in [-0.3, -0.25) is 14.4 Å². The van der Waals surface area contributed by atoms with Crippen LogP contribution >= 0.6 is 0 Å². The van der Waals surface area contributed by atoms with Crippen molar-refractivity contribution in [3.8, 4) is 0 Å². The lowest BCUT2D eigenvalue weighted by atomic mass is 10.1. The second-order valence-electron chi connectivity index (χ2n) is 13.6. The number of rotatable bonds is 36. The zero-order valence-electron chi connectivity index (χ0n) is 34.9. The van der Waals surface area contributed by atoms with Gasteiger partial charge in [-0.25, -0.2) is 0 Å². The van der Waals surface area contributed by atoms with E-state index in [4.69, 9.17) is 14.2 Å². The van der Waals surface area contributed by atoms with Crippen LogP contribution in [0.5, 0.6) is 0 Å². The highest BCUT2D eigenvalue weighted by atomic mass is 16.6. The molecule has 0 spiro atoms. The molecule has 0 aliphatic heterocycles. The van der Waals surface area contributed by atoms with E-state index < -0.39 is 6.10 Å². The summed E-state index contributed by atoms with van der Waals surface area (Å²) in [6, 6.07) is 0. The fourth-order valence-electron chi connectivity index (χ4n) is 5.19. The van der Waals surface area contributed by atoms with Crippen LogP contribution in [0.25, 0.3) is 0 Å². The summed E-state index contributed by atoms with van der Waals surface area (Å²) in [6.45, 7) is 6.20. The molecular formula is C49H76O6. The van der Waals surface area contributed by atoms with Crippen molar-refractivity contribution in [1.29, 1.82) is 0 Å². The first-order valence-electron chi connectivity index (χ1n) is 21.5. The van der Waals surface area contributed by atoms with Crippen molar-refractivity contribution in [3.05, 3.63) is 109 Å². The predicted molar refractivity (Wildman–Crippen MR) is 233 cm³/mol. The SMILES string of the molecule is CC\C=C/C=C\C=C/C=C\C=C/CCCC(=O)OCC(COC(=O)CCC/C=C\C/C=C\C/C=C\CC)OC(=O)CCCCC/C=C\CCCCCCCC. The van der Waals surface area contributed by atoms with Gasteiger partial charge in [0.15, 0.2) is 6.10 Å². The number of ether oxygens (including phenoxy) is 3. The van der Waals surface area contributed by atoms with Crippen LogP contribution in [-0.2, 0) is 28.6 Å². The van der Waals surface area contributed by atoms with E-state index in [1.54, 1.807) is 0 Å². The number of carbonyl (C=O) groups excluding carboxylic acids is 3. The highest BCUT2D eigenvalue weighted by Crippen LogP contribution is 2.11. The summed E-state index contributed by atoms with van der Waals surface area (Å²) in [5, 5.41) is 0. The first-order valence-corrected chi connectivity index (χ1v) is 21.5. The number of carbonyl (C=O) groups is 3. The fraction of sp³-hybridized carbons (Fsp3) is 0.571. The molecule has 0 aromatic rings. The minimum absolute atomic E-state index is 0.136. The van der Waals surface area contributed by atoms with Crippen LogP contribution in [0.2, 0.25) is 0 Å². The molecule has 0 bridgehead atoms. The molecule has 0 aromatic carbocycles. The Kier molecular flexibility index (Phi) is 39.7. The molecule has 0 aliphatic rings. The molecule has 6 nitrogen and oxygen atoms in total. The van der Waals surface area contributed by atoms with Gasteiger partial charge in [-0.15, -0.1) is 0 Å². The Balaban J connectivity index is 4.62. The molecule has 0 aliphatic carbocycles. The number of hydrogen-bond acceptors (Lipinski definition) is 6. The number of allylic oxidation sites excluding steroid dienone is 18. The van der Waals surface area contributed by atoms with E-state index in [1.807, 2.05) is 54.7 Å². The van der Waals surface area contributed by atoms with Crippen LogP contribution in [-0.4, -0.2) is 37.2 Å². The Bertz CT molecular complexity index is 1200. The fourth-order valence-corrected chi connectivity index (χ4v) is 5.19. The van der Waals surface area contributed by atoms with Crippen LogP contribution in [0.3, 0.4) is 0 Å². The van der Waals surface area contributed by atoms with E-state index in [-0.39, 0.29) is 50.4 Å². The van der Waals surface area contributed by atoms with E-state index in [0.29, 0.717) is 12.8 Å². The average Bonchev–Trinajstić information content (AvgIpc) is 3.18. The first-order chi connectivity index (χ1) is 27.0. The average molecular weight is 761 g/mol. The summed E-state index contributed by atoms with van der Waals surface area (Å²) in [6.07, 6.45) is 56.6. The molecule has 0 saturated carbocycles. The summed E-state index contributed by atoms with van der Waals surface area (Å²) in [5.41, 5.74) is 0. The van der Waals surface area contributed by atoms with Crippen molar-refractivity contribution in [1.82, 2.24) is 0 Å². The lowest BCUT2D eigenvalue weighted by Crippen LogP contribution is -2.30. The smallest absolute Gasteiger partial charge is 0.306 e. The van der Waals surface area contributed by atoms with Gasteiger partial charge in [0.1, 0.15) is 13.2 Å². The van der Waals surface area contributed by atoms with Gasteiger partial charge in [0, 0.05) is 19.3 Å². The second kappa shape index (κ2) is 42.8. The maximum atomic E-state index is 12.7. The van der Waals surface area contributed by atoms with Crippen molar-refractivity contribution in [2.45, 2.75) is 168 Å². The normalized spacial score (nSPS) is 13.1. The summed E-state index contributed by atoms with van der Waals surface area (Å²) < 4.78 is 16.5. The minimum atomic E-state index is -0.834. The third kappa shape index (κ3) is 41.1. The molecule has 0 saturated heterocycles. The van der Waals surface area contributed by atoms with Crippen molar-refractivity contribution < 1.29 is 28.6 Å². The van der Waals surface area contributed by atoms with Gasteiger partial charge in [-0.05, 0) is 83.5 Å². The Morgan fingerprint density at radius 2 is 0.818 bits per heavy atom. The highest BCUT2D eigenvalue weighted by Gasteiger charge is 2.19. The molecule has 6 heteroatoms. The van der Waals surface area contributed by atoms with Crippen LogP contribution in [0.1, 0.15) is 162 Å². The number of esters is 3. The van der Waals surface area contributed by atoms with Crippen molar-refractivity contribution >= 4 is 17.9 Å². The van der Waals surface area contributed by atoms with Crippen molar-refractivity contribution in [2.75, 3.05) is 13.2 Å². The van der Waals surface area contributed by atoms with Gasteiger partial charge in [-0.1, -0.05) is 169 Å². The Hall–Kier alpha value is -3.93. The molecule has 308 valence electrons. The topological polar surface area (TPSA) is 78.9 Å². The van der Waals surface area contributed by atoms with Gasteiger partial charge in [-0.2, -0.15) is 0 Å². The molecule has 1 atom stereocenters. The molecule has 0 rings (SSSR count). The van der Waals surface area contributed by atoms with Gasteiger partial charge in [0.05, 0.1) is 0 Å². The highest BCUT2D eigenvalue weighted by molar-refractivity contribution is 5.71. The van der Waals surface area contributed by atoms with E-state index in [2.05, 4.69) is 75.5 Å². The van der Waals surface area contributed by atoms with Crippen LogP contribution in [0.15, 0.2) is 109 Å². The largest absolute Gasteiger partial charge is 0.462 e. The third-order valence-corrected chi connectivity index (χ3v) is 8.37. The third-order valence-electron chi connectivity index (χ3n) is 8.37. The number of unbranched alkanes of at least 4 members (excludes halogenated alkanes) is 11. The quantitative estimate of drug-likeness (QED) is 0.0208. The predicted octanol–water partition coefficient (Wildman–Crippen LogP) is 13.6. The summed E-state index contributed by atoms with van der Waals surface area (Å²) in [7, 11) is 0. The van der Waals surface area contributed by atoms with Crippen LogP contribution in [0.4, 0.5) is 0 Å². The van der Waals surface area contributed by atoms with E-state index >= 15 is 0 Å². The summed E-state index contributed by atoms with van der Waals surface area (Å²) >= 11 is 0. The standard InChI is InChI=1S/C49H76O6/c1-4-7-10-13-16-19-22-24-27-30-33-36-39-42-48(51)54-45-46(44-53-47(50)41-38-35-32-29-26-21-18-15-12-9-6-3)55-49(52)43-40-37-34-31-28-25-23-20-17-14-11-8-5-2/h7,9-10,12-13,16,18-19,21-22,24-25,27-30,32-33,46H,4-6,8,11,14-15,17,20,23,26,31,34-45H2,1-3H3/b10-7-,12-9-,16-13-,21-18-,22-19-,27-24-,28-25-,32-29-,33-30-. The molecule has 0 radical (unpaired) electrons. The molecule has 55 heavy (non-hydrogen) atoms. The molecule has 0 N–H and O–H groups in total. The van der Waals surface area contributed by atoms with Crippen molar-refractivity contribution in [3.63, 3.8) is 0 Å². The maximum Gasteiger partial charge on any atom is 0.306 e. The number of hydrogen-bond donors (Lipinski definition) is 0. The Morgan fingerprint density at radius 1 is 0.400 bits per heavy atom. The molecule has 1 unspecified atom stereocenters. The molecule has 0 aromatic heterocycles. The van der Waals surface area contributed by atoms with Crippen molar-refractivity contribution in [2.24, 2.45) is 0 Å². The Morgan fingerprint density at radius 3 is 1.40 bits per heavy atom. The van der Waals surface area contributed by atoms with Gasteiger partial charge in [0.2, 0.25) is 0 Å². The van der Waals surface area contributed by atoms with Gasteiger partial charge < -0.3 is 14.2 Å². The summed E-state index contributed by atoms with van der Waals surface area (Å²) in [5.74, 6) is -1.09. The zero-order chi connectivity index (χ0) is 40.1. The Labute approximate surface area is 336 Å². The monoisotopic (exact) mass is 761 g/mol. The zero-order valence-corrected chi connectivity index (χ0v) is 34.9. The molecule has 0 heterocycles. The van der Waals surface area contributed by atoms with E-state index in [9.17, 15) is 14.4 Å². The lowest BCUT2D eigenvalue weighted by molar-refractivity contribution is -0.167. The van der Waals surface area contributed by atoms with Gasteiger partial charge >= 0.3 is 17.9 Å². The van der Waals surface area contributed by atoms with Crippen LogP contribution in [0, 0.1) is 0 Å². The molecule has 0 amide bonds. The van der Waals surface area contributed by atoms with E-state index in [0.717, 1.165) is 70.6 Å². The maximum absolute atomic E-state index is 12.7.